The molecule has 2 rings (SSSR count). The van der Waals surface area contributed by atoms with Crippen LogP contribution in [-0.4, -0.2) is 38.9 Å². The standard InChI is InChI=1S/C12H18N4O3S/c1-13-10-4-6-14-8-11(10)20(18,19)15-7-5-12(17)16-9-2-3-9/h4,6,8-9,15H,2-3,5,7H2,1H3,(H,13,14)(H,16,17). The van der Waals surface area contributed by atoms with E-state index < -0.39 is 10.0 Å². The minimum Gasteiger partial charge on any atom is -0.387 e. The summed E-state index contributed by atoms with van der Waals surface area (Å²) in [6, 6.07) is 1.86. The van der Waals surface area contributed by atoms with Gasteiger partial charge in [-0.2, -0.15) is 0 Å². The van der Waals surface area contributed by atoms with Gasteiger partial charge in [0.25, 0.3) is 0 Å². The molecule has 0 aliphatic heterocycles. The van der Waals surface area contributed by atoms with Crippen LogP contribution in [0.5, 0.6) is 0 Å². The Labute approximate surface area is 118 Å². The Morgan fingerprint density at radius 1 is 1.45 bits per heavy atom. The van der Waals surface area contributed by atoms with Crippen LogP contribution in [0.15, 0.2) is 23.4 Å². The highest BCUT2D eigenvalue weighted by molar-refractivity contribution is 7.89. The Kier molecular flexibility index (Phi) is 4.56. The van der Waals surface area contributed by atoms with Gasteiger partial charge in [-0.3, -0.25) is 9.78 Å². The van der Waals surface area contributed by atoms with Crippen molar-refractivity contribution < 1.29 is 13.2 Å². The van der Waals surface area contributed by atoms with Crippen LogP contribution in [0.2, 0.25) is 0 Å². The van der Waals surface area contributed by atoms with Gasteiger partial charge in [-0.05, 0) is 18.9 Å². The van der Waals surface area contributed by atoms with Crippen molar-refractivity contribution in [2.45, 2.75) is 30.2 Å². The third-order valence-corrected chi connectivity index (χ3v) is 4.42. The second kappa shape index (κ2) is 6.19. The van der Waals surface area contributed by atoms with Crippen LogP contribution >= 0.6 is 0 Å². The number of aromatic nitrogens is 1. The number of carbonyl (C=O) groups excluding carboxylic acids is 1. The largest absolute Gasteiger partial charge is 0.387 e. The van der Waals surface area contributed by atoms with Gasteiger partial charge in [0, 0.05) is 38.4 Å². The summed E-state index contributed by atoms with van der Waals surface area (Å²) < 4.78 is 26.6. The number of amides is 1. The molecule has 7 nitrogen and oxygen atoms in total. The predicted molar refractivity (Wildman–Crippen MR) is 74.8 cm³/mol. The molecule has 1 saturated carbocycles. The molecule has 110 valence electrons. The van der Waals surface area contributed by atoms with Gasteiger partial charge in [0.2, 0.25) is 15.9 Å². The Balaban J connectivity index is 1.91. The molecule has 0 unspecified atom stereocenters. The highest BCUT2D eigenvalue weighted by Crippen LogP contribution is 2.19. The summed E-state index contributed by atoms with van der Waals surface area (Å²) in [5.41, 5.74) is 0.468. The van der Waals surface area contributed by atoms with Gasteiger partial charge >= 0.3 is 0 Å². The topological polar surface area (TPSA) is 100 Å². The second-order valence-electron chi connectivity index (χ2n) is 4.61. The van der Waals surface area contributed by atoms with Crippen molar-refractivity contribution in [3.63, 3.8) is 0 Å². The lowest BCUT2D eigenvalue weighted by Gasteiger charge is -2.10. The van der Waals surface area contributed by atoms with E-state index in [0.717, 1.165) is 12.8 Å². The number of sulfonamides is 1. The summed E-state index contributed by atoms with van der Waals surface area (Å²) in [5.74, 6) is -0.129. The fourth-order valence-corrected chi connectivity index (χ4v) is 2.89. The lowest BCUT2D eigenvalue weighted by atomic mass is 10.4. The first-order valence-electron chi connectivity index (χ1n) is 6.44. The highest BCUT2D eigenvalue weighted by Gasteiger charge is 2.23. The molecule has 1 amide bonds. The molecule has 0 radical (unpaired) electrons. The maximum Gasteiger partial charge on any atom is 0.244 e. The molecule has 1 fully saturated rings. The van der Waals surface area contributed by atoms with E-state index in [1.807, 2.05) is 0 Å². The van der Waals surface area contributed by atoms with E-state index in [4.69, 9.17) is 0 Å². The van der Waals surface area contributed by atoms with Gasteiger partial charge in [0.05, 0.1) is 5.69 Å². The highest BCUT2D eigenvalue weighted by atomic mass is 32.2. The van der Waals surface area contributed by atoms with E-state index in [2.05, 4.69) is 20.3 Å². The number of carbonyl (C=O) groups is 1. The van der Waals surface area contributed by atoms with Crippen LogP contribution in [0.1, 0.15) is 19.3 Å². The van der Waals surface area contributed by atoms with Crippen molar-refractivity contribution in [3.05, 3.63) is 18.5 Å². The van der Waals surface area contributed by atoms with Crippen LogP contribution in [0.25, 0.3) is 0 Å². The van der Waals surface area contributed by atoms with Gasteiger partial charge in [-0.25, -0.2) is 13.1 Å². The van der Waals surface area contributed by atoms with Gasteiger partial charge in [-0.1, -0.05) is 0 Å². The van der Waals surface area contributed by atoms with Crippen LogP contribution < -0.4 is 15.4 Å². The predicted octanol–water partition coefficient (Wildman–Crippen LogP) is 0.0703. The quantitative estimate of drug-likeness (QED) is 0.661. The Morgan fingerprint density at radius 2 is 2.20 bits per heavy atom. The molecule has 20 heavy (non-hydrogen) atoms. The molecular weight excluding hydrogens is 280 g/mol. The molecule has 0 bridgehead atoms. The second-order valence-corrected chi connectivity index (χ2v) is 6.35. The molecule has 1 heterocycles. The molecule has 0 spiro atoms. The van der Waals surface area contributed by atoms with E-state index >= 15 is 0 Å². The molecule has 1 aliphatic rings. The Hall–Kier alpha value is -1.67. The lowest BCUT2D eigenvalue weighted by Crippen LogP contribution is -2.32. The molecule has 1 aliphatic carbocycles. The maximum atomic E-state index is 12.1. The van der Waals surface area contributed by atoms with Crippen molar-refractivity contribution in [1.29, 1.82) is 0 Å². The first-order valence-corrected chi connectivity index (χ1v) is 7.92. The van der Waals surface area contributed by atoms with E-state index in [1.165, 1.54) is 12.4 Å². The zero-order valence-electron chi connectivity index (χ0n) is 11.2. The fraction of sp³-hybridized carbons (Fsp3) is 0.500. The summed E-state index contributed by atoms with van der Waals surface area (Å²) in [4.78, 5) is 15.4. The molecule has 0 saturated heterocycles. The van der Waals surface area contributed by atoms with Crippen LogP contribution in [0.3, 0.4) is 0 Å². The van der Waals surface area contributed by atoms with Crippen molar-refractivity contribution in [3.8, 4) is 0 Å². The normalized spacial score (nSPS) is 14.8. The number of pyridine rings is 1. The van der Waals surface area contributed by atoms with Crippen LogP contribution in [0.4, 0.5) is 5.69 Å². The molecular formula is C12H18N4O3S. The molecule has 1 aromatic rings. The van der Waals surface area contributed by atoms with Crippen molar-refractivity contribution in [1.82, 2.24) is 15.0 Å². The van der Waals surface area contributed by atoms with Gasteiger partial charge in [0.15, 0.2) is 0 Å². The van der Waals surface area contributed by atoms with Crippen molar-refractivity contribution in [2.75, 3.05) is 18.9 Å². The molecule has 1 aromatic heterocycles. The number of hydrogen-bond donors (Lipinski definition) is 3. The van der Waals surface area contributed by atoms with Gasteiger partial charge in [0.1, 0.15) is 4.90 Å². The van der Waals surface area contributed by atoms with Crippen LogP contribution in [-0.2, 0) is 14.8 Å². The zero-order valence-corrected chi connectivity index (χ0v) is 12.0. The monoisotopic (exact) mass is 298 g/mol. The minimum absolute atomic E-state index is 0.0684. The first-order chi connectivity index (χ1) is 9.53. The summed E-state index contributed by atoms with van der Waals surface area (Å²) >= 11 is 0. The van der Waals surface area contributed by atoms with Crippen LogP contribution in [0, 0.1) is 0 Å². The third-order valence-electron chi connectivity index (χ3n) is 2.93. The van der Waals surface area contributed by atoms with E-state index in [9.17, 15) is 13.2 Å². The fourth-order valence-electron chi connectivity index (χ4n) is 1.70. The number of nitrogens with one attached hydrogen (secondary N) is 3. The van der Waals surface area contributed by atoms with E-state index in [-0.39, 0.29) is 29.8 Å². The zero-order chi connectivity index (χ0) is 14.6. The van der Waals surface area contributed by atoms with Crippen molar-refractivity contribution >= 4 is 21.6 Å². The Morgan fingerprint density at radius 3 is 2.85 bits per heavy atom. The minimum atomic E-state index is -3.67. The number of hydrogen-bond acceptors (Lipinski definition) is 5. The SMILES string of the molecule is CNc1ccncc1S(=O)(=O)NCCC(=O)NC1CC1. The average Bonchev–Trinajstić information content (AvgIpc) is 3.22. The summed E-state index contributed by atoms with van der Waals surface area (Å²) in [6.45, 7) is 0.0684. The number of anilines is 1. The Bertz CT molecular complexity index is 584. The lowest BCUT2D eigenvalue weighted by molar-refractivity contribution is -0.121. The van der Waals surface area contributed by atoms with E-state index in [0.29, 0.717) is 5.69 Å². The molecule has 8 heteroatoms. The summed E-state index contributed by atoms with van der Waals surface area (Å²) in [6.07, 6.45) is 4.94. The van der Waals surface area contributed by atoms with Crippen molar-refractivity contribution in [2.24, 2.45) is 0 Å². The summed E-state index contributed by atoms with van der Waals surface area (Å²) in [5, 5.41) is 5.60. The number of nitrogens with zero attached hydrogens (tertiary/aromatic N) is 1. The average molecular weight is 298 g/mol. The maximum absolute atomic E-state index is 12.1. The van der Waals surface area contributed by atoms with Gasteiger partial charge < -0.3 is 10.6 Å². The third kappa shape index (κ3) is 3.91. The first kappa shape index (κ1) is 14.7. The summed E-state index contributed by atoms with van der Waals surface area (Å²) in [7, 11) is -2.03. The van der Waals surface area contributed by atoms with Gasteiger partial charge in [-0.15, -0.1) is 0 Å². The molecule has 0 atom stereocenters. The molecule has 3 N–H and O–H groups in total. The smallest absolute Gasteiger partial charge is 0.244 e. The molecule has 0 aromatic carbocycles. The van der Waals surface area contributed by atoms with E-state index in [1.54, 1.807) is 13.1 Å². The number of rotatable bonds is 7.